The Balaban J connectivity index is 0.000000313. The first-order valence-electron chi connectivity index (χ1n) is 12.3. The first-order chi connectivity index (χ1) is 19.4. The number of methoxy groups -OCH3 is 2. The van der Waals surface area contributed by atoms with Crippen LogP contribution in [0.4, 0.5) is 0 Å². The van der Waals surface area contributed by atoms with Gasteiger partial charge in [-0.05, 0) is 12.1 Å². The minimum atomic E-state index is 0. The Morgan fingerprint density at radius 3 is 1.02 bits per heavy atom. The van der Waals surface area contributed by atoms with Crippen LogP contribution in [0.1, 0.15) is 0 Å². The second-order valence-electron chi connectivity index (χ2n) is 8.61. The monoisotopic (exact) mass is 802 g/mol. The Hall–Kier alpha value is -4.04. The molecule has 0 N–H and O–H groups in total. The molecule has 0 amide bonds. The van der Waals surface area contributed by atoms with Crippen molar-refractivity contribution < 1.29 is 54.1 Å². The number of nitrogens with zero attached hydrogens (tertiary/aromatic N) is 10. The van der Waals surface area contributed by atoms with Gasteiger partial charge in [0.15, 0.2) is 23.3 Å². The van der Waals surface area contributed by atoms with Crippen LogP contribution in [0.2, 0.25) is 0 Å². The fourth-order valence-corrected chi connectivity index (χ4v) is 3.71. The van der Waals surface area contributed by atoms with Gasteiger partial charge in [0.1, 0.15) is 22.9 Å². The van der Waals surface area contributed by atoms with E-state index in [4.69, 9.17) is 9.47 Å². The number of rotatable bonds is 5. The molecule has 0 unspecified atom stereocenters. The molecule has 6 heterocycles. The molecular formula is C28H32Cl2N10O2Os-2. The maximum absolute atomic E-state index is 5.12. The number of halogens is 2. The zero-order chi connectivity index (χ0) is 28.5. The van der Waals surface area contributed by atoms with E-state index in [1.54, 1.807) is 51.4 Å². The van der Waals surface area contributed by atoms with E-state index in [0.29, 0.717) is 0 Å². The molecule has 0 bridgehead atoms. The van der Waals surface area contributed by atoms with E-state index in [1.165, 1.54) is 0 Å². The molecule has 0 spiro atoms. The summed E-state index contributed by atoms with van der Waals surface area (Å²) in [6.07, 6.45) is 18.0. The molecule has 6 aromatic rings. The minimum absolute atomic E-state index is 0. The maximum atomic E-state index is 5.12. The van der Waals surface area contributed by atoms with Crippen molar-refractivity contribution in [3.8, 4) is 46.2 Å². The summed E-state index contributed by atoms with van der Waals surface area (Å²) in [7, 11) is 11.1. The van der Waals surface area contributed by atoms with Crippen molar-refractivity contribution in [1.29, 1.82) is 0 Å². The van der Waals surface area contributed by atoms with Gasteiger partial charge in [0.2, 0.25) is 0 Å². The van der Waals surface area contributed by atoms with E-state index in [2.05, 4.69) is 29.9 Å². The van der Waals surface area contributed by atoms with Gasteiger partial charge in [0, 0.05) is 122 Å². The van der Waals surface area contributed by atoms with Crippen molar-refractivity contribution in [3.05, 3.63) is 86.2 Å². The number of hydrogen-bond acceptors (Lipinski definition) is 8. The topological polar surface area (TPSA) is 116 Å². The summed E-state index contributed by atoms with van der Waals surface area (Å²) in [5, 5.41) is 0. The molecule has 0 saturated carbocycles. The standard InChI is InChI=1S/2C10H11N3O.C8H10N4.2ClH.Os/c2*1-13-6-5-12-10(13)9-7-8(14-2)3-4-11-9;1-11-5-3-9-7(11)8-10-4-6-12(8)2;;;/h2*3-7H,1-2H3;3-6H,1-2H3;2*1H;/p-2. The first kappa shape index (κ1) is 37.0. The predicted octanol–water partition coefficient (Wildman–Crippen LogP) is -2.19. The molecule has 0 aromatic carbocycles. The SMILES string of the molecule is COc1ccnc(-c2nccn2C)c1.COc1ccnc(-c2nccn2C)c1.Cn1ccnc1-c1nccn1C.[Cl-].[Cl-].[Os]. The van der Waals surface area contributed by atoms with Crippen molar-refractivity contribution >= 4 is 0 Å². The van der Waals surface area contributed by atoms with Crippen LogP contribution in [0, 0.1) is 0 Å². The van der Waals surface area contributed by atoms with E-state index >= 15 is 0 Å². The molecule has 6 rings (SSSR count). The van der Waals surface area contributed by atoms with Crippen molar-refractivity contribution in [2.75, 3.05) is 14.2 Å². The number of imidazole rings is 4. The summed E-state index contributed by atoms with van der Waals surface area (Å²) in [5.74, 6) is 5.04. The summed E-state index contributed by atoms with van der Waals surface area (Å²) >= 11 is 0. The zero-order valence-corrected chi connectivity index (χ0v) is 28.5. The average Bonchev–Trinajstić information content (AvgIpc) is 3.79. The molecular weight excluding hydrogens is 770 g/mol. The minimum Gasteiger partial charge on any atom is -1.00 e. The van der Waals surface area contributed by atoms with E-state index in [-0.39, 0.29) is 44.6 Å². The van der Waals surface area contributed by atoms with Gasteiger partial charge < -0.3 is 52.6 Å². The third kappa shape index (κ3) is 9.48. The Bertz CT molecular complexity index is 1540. The average molecular weight is 802 g/mol. The molecule has 6 aromatic heterocycles. The molecule has 0 radical (unpaired) electrons. The number of aromatic nitrogens is 10. The van der Waals surface area contributed by atoms with Crippen molar-refractivity contribution in [2.24, 2.45) is 28.2 Å². The Morgan fingerprint density at radius 2 is 0.767 bits per heavy atom. The molecule has 0 aliphatic rings. The third-order valence-corrected chi connectivity index (χ3v) is 5.88. The molecule has 12 nitrogen and oxygen atoms in total. The summed E-state index contributed by atoms with van der Waals surface area (Å²) in [6, 6.07) is 7.35. The molecule has 0 aliphatic carbocycles. The molecule has 0 saturated heterocycles. The number of hydrogen-bond donors (Lipinski definition) is 0. The second-order valence-corrected chi connectivity index (χ2v) is 8.61. The second kappa shape index (κ2) is 17.8. The number of ether oxygens (including phenoxy) is 2. The van der Waals surface area contributed by atoms with Crippen LogP contribution in [0.3, 0.4) is 0 Å². The Kier molecular flexibility index (Phi) is 15.3. The summed E-state index contributed by atoms with van der Waals surface area (Å²) in [4.78, 5) is 25.3. The van der Waals surface area contributed by atoms with Crippen molar-refractivity contribution in [1.82, 2.24) is 48.2 Å². The normalized spacial score (nSPS) is 9.53. The van der Waals surface area contributed by atoms with E-state index < -0.39 is 0 Å². The van der Waals surface area contributed by atoms with Crippen LogP contribution in [0.25, 0.3) is 34.7 Å². The first-order valence-corrected chi connectivity index (χ1v) is 12.3. The van der Waals surface area contributed by atoms with Gasteiger partial charge in [0.05, 0.1) is 14.2 Å². The largest absolute Gasteiger partial charge is 1.00 e. The van der Waals surface area contributed by atoms with Gasteiger partial charge in [-0.2, -0.15) is 0 Å². The maximum Gasteiger partial charge on any atom is 0.176 e. The molecule has 230 valence electrons. The van der Waals surface area contributed by atoms with Crippen LogP contribution in [0.5, 0.6) is 11.5 Å². The van der Waals surface area contributed by atoms with Gasteiger partial charge in [-0.3, -0.25) is 9.97 Å². The fraction of sp³-hybridized carbons (Fsp3) is 0.214. The molecule has 43 heavy (non-hydrogen) atoms. The molecule has 0 fully saturated rings. The summed E-state index contributed by atoms with van der Waals surface area (Å²) in [6.45, 7) is 0. The summed E-state index contributed by atoms with van der Waals surface area (Å²) in [5.41, 5.74) is 1.63. The van der Waals surface area contributed by atoms with Crippen molar-refractivity contribution in [3.63, 3.8) is 0 Å². The number of pyridine rings is 2. The Labute approximate surface area is 276 Å². The summed E-state index contributed by atoms with van der Waals surface area (Å²) < 4.78 is 18.0. The van der Waals surface area contributed by atoms with Crippen LogP contribution in [-0.2, 0) is 48.0 Å². The van der Waals surface area contributed by atoms with E-state index in [1.807, 2.05) is 95.5 Å². The van der Waals surface area contributed by atoms with Crippen LogP contribution in [-0.4, -0.2) is 62.4 Å². The van der Waals surface area contributed by atoms with E-state index in [9.17, 15) is 0 Å². The van der Waals surface area contributed by atoms with Gasteiger partial charge in [-0.1, -0.05) is 0 Å². The quantitative estimate of drug-likeness (QED) is 0.193. The smallest absolute Gasteiger partial charge is 0.176 e. The molecule has 0 aliphatic heterocycles. The Morgan fingerprint density at radius 1 is 0.465 bits per heavy atom. The molecule has 0 atom stereocenters. The van der Waals surface area contributed by atoms with Gasteiger partial charge in [-0.25, -0.2) is 19.9 Å². The third-order valence-electron chi connectivity index (χ3n) is 5.88. The van der Waals surface area contributed by atoms with Crippen molar-refractivity contribution in [2.45, 2.75) is 0 Å². The van der Waals surface area contributed by atoms with Crippen LogP contribution < -0.4 is 34.3 Å². The predicted molar refractivity (Wildman–Crippen MR) is 151 cm³/mol. The van der Waals surface area contributed by atoms with Gasteiger partial charge in [-0.15, -0.1) is 0 Å². The fourth-order valence-electron chi connectivity index (χ4n) is 3.71. The van der Waals surface area contributed by atoms with E-state index in [0.717, 1.165) is 46.2 Å². The zero-order valence-electron chi connectivity index (χ0n) is 24.5. The van der Waals surface area contributed by atoms with Crippen LogP contribution >= 0.6 is 0 Å². The number of aryl methyl sites for hydroxylation is 4. The molecule has 15 heteroatoms. The van der Waals surface area contributed by atoms with Crippen LogP contribution in [0.15, 0.2) is 86.2 Å². The van der Waals surface area contributed by atoms with Gasteiger partial charge >= 0.3 is 0 Å². The van der Waals surface area contributed by atoms with Gasteiger partial charge in [0.25, 0.3) is 0 Å².